The molecule has 0 spiro atoms. The van der Waals surface area contributed by atoms with Gasteiger partial charge in [-0.3, -0.25) is 4.79 Å². The van der Waals surface area contributed by atoms with Crippen LogP contribution in [0.25, 0.3) is 11.1 Å². The van der Waals surface area contributed by atoms with Crippen LogP contribution in [0.1, 0.15) is 42.7 Å². The highest BCUT2D eigenvalue weighted by molar-refractivity contribution is 5.86. The summed E-state index contributed by atoms with van der Waals surface area (Å²) in [5.74, 6) is -1.65. The van der Waals surface area contributed by atoms with E-state index in [1.165, 1.54) is 6.08 Å². The van der Waals surface area contributed by atoms with Crippen LogP contribution in [0.4, 0.5) is 4.79 Å². The predicted molar refractivity (Wildman–Crippen MR) is 126 cm³/mol. The monoisotopic (exact) mass is 461 g/mol. The number of benzene rings is 2. The van der Waals surface area contributed by atoms with E-state index in [0.29, 0.717) is 25.7 Å². The van der Waals surface area contributed by atoms with E-state index >= 15 is 0 Å². The van der Waals surface area contributed by atoms with Gasteiger partial charge in [0.1, 0.15) is 12.6 Å². The topological polar surface area (TPSA) is 129 Å². The van der Waals surface area contributed by atoms with Gasteiger partial charge in [-0.1, -0.05) is 54.6 Å². The fraction of sp³-hybridized carbons (Fsp3) is 0.308. The van der Waals surface area contributed by atoms with Crippen molar-refractivity contribution < 1.29 is 24.2 Å². The maximum absolute atomic E-state index is 12.6. The van der Waals surface area contributed by atoms with Crippen molar-refractivity contribution in [2.75, 3.05) is 13.2 Å². The Morgan fingerprint density at radius 3 is 2.32 bits per heavy atom. The molecule has 8 heteroatoms. The van der Waals surface area contributed by atoms with Crippen LogP contribution in [0.15, 0.2) is 60.7 Å². The summed E-state index contributed by atoms with van der Waals surface area (Å²) in [6, 6.07) is 17.2. The highest BCUT2D eigenvalue weighted by Crippen LogP contribution is 2.44. The van der Waals surface area contributed by atoms with Crippen molar-refractivity contribution in [3.8, 4) is 17.2 Å². The van der Waals surface area contributed by atoms with Gasteiger partial charge in [0.25, 0.3) is 0 Å². The summed E-state index contributed by atoms with van der Waals surface area (Å²) in [5.41, 5.74) is 4.42. The third-order valence-electron chi connectivity index (χ3n) is 5.64. The van der Waals surface area contributed by atoms with E-state index in [4.69, 9.17) is 15.1 Å². The first-order chi connectivity index (χ1) is 16.5. The Kier molecular flexibility index (Phi) is 8.81. The summed E-state index contributed by atoms with van der Waals surface area (Å²) in [7, 11) is 0. The number of unbranched alkanes of at least 4 members (excludes halogenated alkanes) is 2. The smallest absolute Gasteiger partial charge is 0.407 e. The number of carboxylic acid groups (broad SMARTS) is 1. The van der Waals surface area contributed by atoms with Crippen molar-refractivity contribution in [2.24, 2.45) is 0 Å². The largest absolute Gasteiger partial charge is 0.478 e. The summed E-state index contributed by atoms with van der Waals surface area (Å²) in [6.07, 6.45) is 3.40. The summed E-state index contributed by atoms with van der Waals surface area (Å²) in [6.45, 7) is 0.149. The summed E-state index contributed by atoms with van der Waals surface area (Å²) >= 11 is 0. The lowest BCUT2D eigenvalue weighted by molar-refractivity contribution is -0.131. The van der Waals surface area contributed by atoms with Crippen molar-refractivity contribution in [3.63, 3.8) is 0 Å². The maximum atomic E-state index is 12.6. The van der Waals surface area contributed by atoms with Crippen LogP contribution in [0.5, 0.6) is 0 Å². The lowest BCUT2D eigenvalue weighted by atomic mass is 9.98. The molecule has 0 fully saturated rings. The first kappa shape index (κ1) is 24.5. The molecule has 0 aromatic heterocycles. The Hall–Kier alpha value is -4.12. The number of nitrogens with one attached hydrogen (secondary N) is 2. The first-order valence-electron chi connectivity index (χ1n) is 11.2. The van der Waals surface area contributed by atoms with Gasteiger partial charge in [-0.2, -0.15) is 5.26 Å². The highest BCUT2D eigenvalue weighted by Gasteiger charge is 2.29. The Morgan fingerprint density at radius 2 is 1.71 bits per heavy atom. The van der Waals surface area contributed by atoms with E-state index in [0.717, 1.165) is 28.3 Å². The Bertz CT molecular complexity index is 1060. The number of nitriles is 1. The normalized spacial score (nSPS) is 12.9. The van der Waals surface area contributed by atoms with Gasteiger partial charge >= 0.3 is 12.1 Å². The maximum Gasteiger partial charge on any atom is 0.407 e. The SMILES string of the molecule is N#CCCCCC(NC(=O)OCC1c2ccccc2-c2ccccc21)C(=O)NC/C=C/C(=O)O. The van der Waals surface area contributed by atoms with E-state index in [1.54, 1.807) is 0 Å². The average Bonchev–Trinajstić information content (AvgIpc) is 3.16. The van der Waals surface area contributed by atoms with Crippen molar-refractivity contribution >= 4 is 18.0 Å². The fourth-order valence-corrected chi connectivity index (χ4v) is 4.05. The van der Waals surface area contributed by atoms with Crippen LogP contribution in [0.3, 0.4) is 0 Å². The van der Waals surface area contributed by atoms with E-state index in [2.05, 4.69) is 28.8 Å². The molecule has 0 saturated heterocycles. The number of nitrogens with zero attached hydrogens (tertiary/aromatic N) is 1. The van der Waals surface area contributed by atoms with Gasteiger partial charge in [-0.25, -0.2) is 9.59 Å². The molecule has 1 aliphatic rings. The number of alkyl carbamates (subject to hydrolysis) is 1. The molecule has 0 saturated carbocycles. The lowest BCUT2D eigenvalue weighted by Crippen LogP contribution is -2.47. The van der Waals surface area contributed by atoms with Gasteiger partial charge in [-0.15, -0.1) is 0 Å². The molecule has 34 heavy (non-hydrogen) atoms. The molecular formula is C26H27N3O5. The van der Waals surface area contributed by atoms with Crippen LogP contribution < -0.4 is 10.6 Å². The minimum Gasteiger partial charge on any atom is -0.478 e. The van der Waals surface area contributed by atoms with Crippen molar-refractivity contribution in [2.45, 2.75) is 37.6 Å². The summed E-state index contributed by atoms with van der Waals surface area (Å²) in [4.78, 5) is 35.7. The molecule has 8 nitrogen and oxygen atoms in total. The van der Waals surface area contributed by atoms with Crippen molar-refractivity contribution in [1.29, 1.82) is 5.26 Å². The molecule has 0 bridgehead atoms. The molecule has 0 heterocycles. The van der Waals surface area contributed by atoms with Crippen LogP contribution in [-0.2, 0) is 14.3 Å². The quantitative estimate of drug-likeness (QED) is 0.345. The number of carboxylic acids is 1. The molecule has 0 aliphatic heterocycles. The number of hydrogen-bond acceptors (Lipinski definition) is 5. The van der Waals surface area contributed by atoms with E-state index < -0.39 is 24.0 Å². The number of carbonyl (C=O) groups is 3. The van der Waals surface area contributed by atoms with Crippen LogP contribution in [0.2, 0.25) is 0 Å². The molecule has 176 valence electrons. The molecule has 0 radical (unpaired) electrons. The van der Waals surface area contributed by atoms with Crippen LogP contribution in [-0.4, -0.2) is 42.3 Å². The molecule has 2 amide bonds. The predicted octanol–water partition coefficient (Wildman–Crippen LogP) is 3.73. The van der Waals surface area contributed by atoms with E-state index in [9.17, 15) is 14.4 Å². The number of ether oxygens (including phenoxy) is 1. The van der Waals surface area contributed by atoms with Gasteiger partial charge in [0, 0.05) is 25.0 Å². The van der Waals surface area contributed by atoms with Crippen molar-refractivity contribution in [3.05, 3.63) is 71.8 Å². The molecule has 1 unspecified atom stereocenters. The average molecular weight is 462 g/mol. The van der Waals surface area contributed by atoms with Crippen molar-refractivity contribution in [1.82, 2.24) is 10.6 Å². The molecule has 2 aromatic carbocycles. The second-order valence-corrected chi connectivity index (χ2v) is 7.91. The number of rotatable bonds is 11. The highest BCUT2D eigenvalue weighted by atomic mass is 16.5. The Balaban J connectivity index is 1.60. The van der Waals surface area contributed by atoms with E-state index in [1.807, 2.05) is 36.4 Å². The molecule has 2 aromatic rings. The van der Waals surface area contributed by atoms with Gasteiger partial charge < -0.3 is 20.5 Å². The fourth-order valence-electron chi connectivity index (χ4n) is 4.05. The molecule has 3 N–H and O–H groups in total. The number of aliphatic carboxylic acids is 1. The number of amides is 2. The number of carbonyl (C=O) groups excluding carboxylic acids is 2. The van der Waals surface area contributed by atoms with Gasteiger partial charge in [0.15, 0.2) is 0 Å². The van der Waals surface area contributed by atoms with Gasteiger partial charge in [-0.05, 0) is 41.5 Å². The Labute approximate surface area is 198 Å². The lowest BCUT2D eigenvalue weighted by Gasteiger charge is -2.19. The second kappa shape index (κ2) is 12.2. The molecule has 1 atom stereocenters. The second-order valence-electron chi connectivity index (χ2n) is 7.91. The minimum absolute atomic E-state index is 0.0200. The molecule has 1 aliphatic carbocycles. The number of hydrogen-bond donors (Lipinski definition) is 3. The minimum atomic E-state index is -1.11. The summed E-state index contributed by atoms with van der Waals surface area (Å²) < 4.78 is 5.53. The standard InChI is InChI=1S/C26H27N3O5/c27-15-7-1-2-13-23(25(32)28-16-8-14-24(30)31)29-26(33)34-17-22-20-11-5-3-9-18(20)19-10-4-6-12-21(19)22/h3-6,8-12,14,22-23H,1-2,7,13,16-17H2,(H,28,32)(H,29,33)(H,30,31)/b14-8+. The van der Waals surface area contributed by atoms with Gasteiger partial charge in [0.05, 0.1) is 6.07 Å². The molecule has 3 rings (SSSR count). The Morgan fingerprint density at radius 1 is 1.06 bits per heavy atom. The third kappa shape index (κ3) is 6.45. The van der Waals surface area contributed by atoms with E-state index in [-0.39, 0.29) is 19.1 Å². The summed E-state index contributed by atoms with van der Waals surface area (Å²) in [5, 5.41) is 22.6. The van der Waals surface area contributed by atoms with Gasteiger partial charge in [0.2, 0.25) is 5.91 Å². The zero-order chi connectivity index (χ0) is 24.3. The van der Waals surface area contributed by atoms with Crippen LogP contribution in [0, 0.1) is 11.3 Å². The third-order valence-corrected chi connectivity index (χ3v) is 5.64. The number of fused-ring (bicyclic) bond motifs is 3. The first-order valence-corrected chi connectivity index (χ1v) is 11.2. The zero-order valence-corrected chi connectivity index (χ0v) is 18.7. The van der Waals surface area contributed by atoms with Crippen LogP contribution >= 0.6 is 0 Å². The zero-order valence-electron chi connectivity index (χ0n) is 18.7. The molecular weight excluding hydrogens is 434 g/mol.